The summed E-state index contributed by atoms with van der Waals surface area (Å²) in [5.74, 6) is -1.65. The highest BCUT2D eigenvalue weighted by Gasteiger charge is 2.03. The van der Waals surface area contributed by atoms with E-state index in [1.54, 1.807) is 18.2 Å². The maximum absolute atomic E-state index is 10.1. The molecule has 7 nitrogen and oxygen atoms in total. The van der Waals surface area contributed by atoms with E-state index in [4.69, 9.17) is 5.11 Å². The minimum absolute atomic E-state index is 0.137. The quantitative estimate of drug-likeness (QED) is 0.479. The topological polar surface area (TPSA) is 110 Å². The number of hydrogen-bond donors (Lipinski definition) is 2. The zero-order valence-electron chi connectivity index (χ0n) is 9.62. The number of aliphatic carboxylic acids is 1. The Balaban J connectivity index is 0.000000321. The zero-order valence-corrected chi connectivity index (χ0v) is 9.62. The Morgan fingerprint density at radius 1 is 1.33 bits per heavy atom. The SMILES string of the molecule is C=C(NC(C)=O)C(=O)O.O=[N+]([O-])c1ccccc1. The summed E-state index contributed by atoms with van der Waals surface area (Å²) in [6.07, 6.45) is 0. The van der Waals surface area contributed by atoms with E-state index in [0.717, 1.165) is 0 Å². The molecule has 18 heavy (non-hydrogen) atoms. The number of para-hydroxylation sites is 1. The van der Waals surface area contributed by atoms with Crippen LogP contribution >= 0.6 is 0 Å². The van der Waals surface area contributed by atoms with Gasteiger partial charge in [-0.2, -0.15) is 0 Å². The maximum Gasteiger partial charge on any atom is 0.351 e. The van der Waals surface area contributed by atoms with Gasteiger partial charge in [0.05, 0.1) is 4.92 Å². The number of non-ortho nitro benzene ring substituents is 1. The molecule has 1 rings (SSSR count). The lowest BCUT2D eigenvalue weighted by Crippen LogP contribution is -2.23. The van der Waals surface area contributed by atoms with Gasteiger partial charge in [0.1, 0.15) is 5.70 Å². The molecule has 0 radical (unpaired) electrons. The third kappa shape index (κ3) is 6.72. The predicted octanol–water partition coefficient (Wildman–Crippen LogP) is 1.32. The number of amides is 1. The molecular weight excluding hydrogens is 240 g/mol. The van der Waals surface area contributed by atoms with Crippen molar-refractivity contribution in [2.45, 2.75) is 6.92 Å². The van der Waals surface area contributed by atoms with Crippen LogP contribution in [0.3, 0.4) is 0 Å². The summed E-state index contributed by atoms with van der Waals surface area (Å²) in [7, 11) is 0. The van der Waals surface area contributed by atoms with Gasteiger partial charge < -0.3 is 10.4 Å². The Labute approximate surface area is 103 Å². The first-order valence-corrected chi connectivity index (χ1v) is 4.73. The molecule has 0 heterocycles. The Morgan fingerprint density at radius 2 is 1.83 bits per heavy atom. The fourth-order valence-electron chi connectivity index (χ4n) is 0.816. The van der Waals surface area contributed by atoms with E-state index in [9.17, 15) is 19.7 Å². The first-order valence-electron chi connectivity index (χ1n) is 4.73. The molecule has 0 aliphatic heterocycles. The van der Waals surface area contributed by atoms with Crippen molar-refractivity contribution >= 4 is 17.6 Å². The average Bonchev–Trinajstić information content (AvgIpc) is 2.30. The van der Waals surface area contributed by atoms with Gasteiger partial charge in [0.2, 0.25) is 5.91 Å². The van der Waals surface area contributed by atoms with Crippen molar-refractivity contribution in [2.75, 3.05) is 0 Å². The number of carbonyl (C=O) groups is 2. The van der Waals surface area contributed by atoms with E-state index in [2.05, 4.69) is 6.58 Å². The van der Waals surface area contributed by atoms with Crippen molar-refractivity contribution in [3.05, 3.63) is 52.7 Å². The number of nitro benzene ring substituents is 1. The number of carboxylic acids is 1. The van der Waals surface area contributed by atoms with E-state index in [-0.39, 0.29) is 11.4 Å². The van der Waals surface area contributed by atoms with Crippen molar-refractivity contribution in [1.29, 1.82) is 0 Å². The van der Waals surface area contributed by atoms with E-state index < -0.39 is 16.8 Å². The zero-order chi connectivity index (χ0) is 14.1. The lowest BCUT2D eigenvalue weighted by atomic mass is 10.3. The Kier molecular flexibility index (Phi) is 6.42. The van der Waals surface area contributed by atoms with Crippen LogP contribution in [0.5, 0.6) is 0 Å². The highest BCUT2D eigenvalue weighted by atomic mass is 16.6. The van der Waals surface area contributed by atoms with Gasteiger partial charge in [-0.3, -0.25) is 14.9 Å². The normalized spacial score (nSPS) is 8.50. The van der Waals surface area contributed by atoms with Crippen LogP contribution in [0, 0.1) is 10.1 Å². The van der Waals surface area contributed by atoms with Crippen LogP contribution in [-0.4, -0.2) is 21.9 Å². The first kappa shape index (κ1) is 15.3. The largest absolute Gasteiger partial charge is 0.477 e. The average molecular weight is 252 g/mol. The van der Waals surface area contributed by atoms with Crippen molar-refractivity contribution in [2.24, 2.45) is 0 Å². The number of rotatable bonds is 3. The number of nitrogens with zero attached hydrogens (tertiary/aromatic N) is 1. The molecule has 0 aliphatic carbocycles. The highest BCUT2D eigenvalue weighted by molar-refractivity contribution is 5.91. The van der Waals surface area contributed by atoms with Gasteiger partial charge in [-0.1, -0.05) is 24.8 Å². The van der Waals surface area contributed by atoms with Gasteiger partial charge in [0.25, 0.3) is 5.69 Å². The van der Waals surface area contributed by atoms with Crippen molar-refractivity contribution in [1.82, 2.24) is 5.32 Å². The lowest BCUT2D eigenvalue weighted by molar-refractivity contribution is -0.384. The molecule has 0 aliphatic rings. The number of nitrogens with one attached hydrogen (secondary N) is 1. The van der Waals surface area contributed by atoms with E-state index in [0.29, 0.717) is 0 Å². The second-order valence-corrected chi connectivity index (χ2v) is 3.06. The van der Waals surface area contributed by atoms with Crippen LogP contribution in [0.4, 0.5) is 5.69 Å². The molecule has 0 spiro atoms. The fourth-order valence-corrected chi connectivity index (χ4v) is 0.816. The predicted molar refractivity (Wildman–Crippen MR) is 63.7 cm³/mol. The van der Waals surface area contributed by atoms with Crippen LogP contribution in [0.15, 0.2) is 42.6 Å². The summed E-state index contributed by atoms with van der Waals surface area (Å²) in [6.45, 7) is 4.28. The van der Waals surface area contributed by atoms with Crippen LogP contribution in [-0.2, 0) is 9.59 Å². The number of nitro groups is 1. The van der Waals surface area contributed by atoms with Crippen LogP contribution in [0.1, 0.15) is 6.92 Å². The summed E-state index contributed by atoms with van der Waals surface area (Å²) >= 11 is 0. The summed E-state index contributed by atoms with van der Waals surface area (Å²) in [6, 6.07) is 7.93. The van der Waals surface area contributed by atoms with Crippen molar-refractivity contribution < 1.29 is 19.6 Å². The molecule has 0 bridgehead atoms. The molecule has 1 aromatic carbocycles. The molecule has 0 fully saturated rings. The fraction of sp³-hybridized carbons (Fsp3) is 0.0909. The van der Waals surface area contributed by atoms with Gasteiger partial charge in [-0.25, -0.2) is 4.79 Å². The first-order chi connectivity index (χ1) is 8.34. The molecular formula is C11H12N2O5. The number of carboxylic acid groups (broad SMARTS) is 1. The monoisotopic (exact) mass is 252 g/mol. The van der Waals surface area contributed by atoms with E-state index >= 15 is 0 Å². The van der Waals surface area contributed by atoms with Gasteiger partial charge >= 0.3 is 5.97 Å². The van der Waals surface area contributed by atoms with Gasteiger partial charge in [-0.05, 0) is 0 Å². The third-order valence-electron chi connectivity index (χ3n) is 1.55. The standard InChI is InChI=1S/C6H5NO2.C5H7NO3/c8-7(9)6-4-2-1-3-5-6;1-3(5(8)9)6-4(2)7/h1-5H;1H2,2H3,(H,6,7)(H,8,9). The lowest BCUT2D eigenvalue weighted by Gasteiger charge is -1.96. The minimum atomic E-state index is -1.22. The number of hydrogen-bond acceptors (Lipinski definition) is 4. The summed E-state index contributed by atoms with van der Waals surface area (Å²) in [5, 5.41) is 20.1. The second-order valence-electron chi connectivity index (χ2n) is 3.06. The molecule has 96 valence electrons. The summed E-state index contributed by atoms with van der Waals surface area (Å²) < 4.78 is 0. The smallest absolute Gasteiger partial charge is 0.351 e. The Morgan fingerprint density at radius 3 is 2.06 bits per heavy atom. The Hall–Kier alpha value is -2.70. The molecule has 1 amide bonds. The molecule has 0 saturated heterocycles. The molecule has 0 aromatic heterocycles. The summed E-state index contributed by atoms with van der Waals surface area (Å²) in [4.78, 5) is 29.6. The highest BCUT2D eigenvalue weighted by Crippen LogP contribution is 2.06. The maximum atomic E-state index is 10.1. The van der Waals surface area contributed by atoms with E-state index in [1.165, 1.54) is 19.1 Å². The summed E-state index contributed by atoms with van der Waals surface area (Å²) in [5.41, 5.74) is -0.167. The van der Waals surface area contributed by atoms with Gasteiger partial charge in [0, 0.05) is 19.1 Å². The molecule has 0 unspecified atom stereocenters. The molecule has 2 N–H and O–H groups in total. The van der Waals surface area contributed by atoms with Gasteiger partial charge in [-0.15, -0.1) is 0 Å². The van der Waals surface area contributed by atoms with Crippen LogP contribution in [0.25, 0.3) is 0 Å². The second kappa shape index (κ2) is 7.55. The van der Waals surface area contributed by atoms with Crippen LogP contribution < -0.4 is 5.32 Å². The molecule has 1 aromatic rings. The van der Waals surface area contributed by atoms with Crippen molar-refractivity contribution in [3.63, 3.8) is 0 Å². The molecule has 7 heteroatoms. The Bertz CT molecular complexity index is 456. The molecule has 0 saturated carbocycles. The van der Waals surface area contributed by atoms with Crippen molar-refractivity contribution in [3.8, 4) is 0 Å². The number of carbonyl (C=O) groups excluding carboxylic acids is 1. The number of benzene rings is 1. The minimum Gasteiger partial charge on any atom is -0.477 e. The third-order valence-corrected chi connectivity index (χ3v) is 1.55. The van der Waals surface area contributed by atoms with E-state index in [1.807, 2.05) is 5.32 Å². The molecule has 0 atom stereocenters. The van der Waals surface area contributed by atoms with Crippen LogP contribution in [0.2, 0.25) is 0 Å². The van der Waals surface area contributed by atoms with Gasteiger partial charge in [0.15, 0.2) is 0 Å².